The van der Waals surface area contributed by atoms with Crippen molar-refractivity contribution in [1.29, 1.82) is 0 Å². The maximum atomic E-state index is 11.7. The van der Waals surface area contributed by atoms with Gasteiger partial charge in [-0.3, -0.25) is 10.1 Å². The molecule has 0 saturated carbocycles. The first-order chi connectivity index (χ1) is 6.11. The van der Waals surface area contributed by atoms with Crippen molar-refractivity contribution in [3.63, 3.8) is 0 Å². The Labute approximate surface area is 71.9 Å². The Morgan fingerprint density at radius 1 is 1.62 bits per heavy atom. The summed E-state index contributed by atoms with van der Waals surface area (Å²) in [6.07, 6.45) is 0. The van der Waals surface area contributed by atoms with Gasteiger partial charge in [0.05, 0.1) is 4.92 Å². The van der Waals surface area contributed by atoms with Crippen LogP contribution in [0.4, 0.5) is 14.5 Å². The molecule has 0 aliphatic carbocycles. The topological polar surface area (TPSA) is 52.4 Å². The highest BCUT2D eigenvalue weighted by Gasteiger charge is 2.16. The van der Waals surface area contributed by atoms with Gasteiger partial charge >= 0.3 is 12.3 Å². The van der Waals surface area contributed by atoms with Crippen molar-refractivity contribution in [2.45, 2.75) is 6.61 Å². The van der Waals surface area contributed by atoms with Crippen molar-refractivity contribution in [2.75, 3.05) is 0 Å². The molecule has 0 aromatic heterocycles. The number of alkyl halides is 2. The molecule has 1 aromatic carbocycles. The maximum absolute atomic E-state index is 11.7. The van der Waals surface area contributed by atoms with Gasteiger partial charge in [0, 0.05) is 6.07 Å². The molecule has 0 atom stereocenters. The van der Waals surface area contributed by atoms with Crippen LogP contribution in [-0.2, 0) is 0 Å². The third kappa shape index (κ3) is 2.36. The summed E-state index contributed by atoms with van der Waals surface area (Å²) in [7, 11) is 0. The molecular formula is C7H4F2NO3. The summed E-state index contributed by atoms with van der Waals surface area (Å²) >= 11 is 0. The molecule has 13 heavy (non-hydrogen) atoms. The SMILES string of the molecule is O=[N+]([O-])c1c[c]ccc1OC(F)F. The number of hydrogen-bond acceptors (Lipinski definition) is 3. The second-order valence-corrected chi connectivity index (χ2v) is 2.03. The first-order valence-electron chi connectivity index (χ1n) is 3.20. The second-order valence-electron chi connectivity index (χ2n) is 2.03. The molecular weight excluding hydrogens is 184 g/mol. The predicted molar refractivity (Wildman–Crippen MR) is 38.6 cm³/mol. The second kappa shape index (κ2) is 3.79. The molecule has 0 spiro atoms. The molecule has 6 heteroatoms. The van der Waals surface area contributed by atoms with Gasteiger partial charge in [0.2, 0.25) is 5.75 Å². The Morgan fingerprint density at radius 2 is 2.31 bits per heavy atom. The van der Waals surface area contributed by atoms with Crippen molar-refractivity contribution in [2.24, 2.45) is 0 Å². The van der Waals surface area contributed by atoms with Gasteiger partial charge in [0.15, 0.2) is 0 Å². The molecule has 0 aliphatic heterocycles. The van der Waals surface area contributed by atoms with Crippen LogP contribution in [0.1, 0.15) is 0 Å². The van der Waals surface area contributed by atoms with Crippen molar-refractivity contribution in [3.8, 4) is 5.75 Å². The summed E-state index contributed by atoms with van der Waals surface area (Å²) in [4.78, 5) is 9.45. The monoisotopic (exact) mass is 188 g/mol. The van der Waals surface area contributed by atoms with E-state index >= 15 is 0 Å². The summed E-state index contributed by atoms with van der Waals surface area (Å²) in [6.45, 7) is -3.07. The Kier molecular flexibility index (Phi) is 2.73. The van der Waals surface area contributed by atoms with Crippen LogP contribution in [-0.4, -0.2) is 11.5 Å². The van der Waals surface area contributed by atoms with E-state index in [-0.39, 0.29) is 0 Å². The summed E-state index contributed by atoms with van der Waals surface area (Å²) in [5.74, 6) is -0.459. The average molecular weight is 188 g/mol. The summed E-state index contributed by atoms with van der Waals surface area (Å²) in [6, 6.07) is 5.67. The summed E-state index contributed by atoms with van der Waals surface area (Å²) in [5, 5.41) is 10.3. The van der Waals surface area contributed by atoms with Gasteiger partial charge in [-0.1, -0.05) is 6.07 Å². The molecule has 0 aliphatic rings. The van der Waals surface area contributed by atoms with E-state index in [0.29, 0.717) is 0 Å². The predicted octanol–water partition coefficient (Wildman–Crippen LogP) is 2.00. The van der Waals surface area contributed by atoms with Crippen LogP contribution in [0.15, 0.2) is 18.2 Å². The lowest BCUT2D eigenvalue weighted by atomic mass is 10.3. The van der Waals surface area contributed by atoms with E-state index in [2.05, 4.69) is 10.8 Å². The van der Waals surface area contributed by atoms with Crippen LogP contribution in [0, 0.1) is 16.2 Å². The van der Waals surface area contributed by atoms with E-state index in [1.807, 2.05) is 0 Å². The molecule has 1 rings (SSSR count). The molecule has 0 bridgehead atoms. The highest BCUT2D eigenvalue weighted by Crippen LogP contribution is 2.26. The van der Waals surface area contributed by atoms with Gasteiger partial charge < -0.3 is 4.74 Å². The van der Waals surface area contributed by atoms with Gasteiger partial charge in [-0.25, -0.2) is 0 Å². The van der Waals surface area contributed by atoms with E-state index in [9.17, 15) is 18.9 Å². The number of nitro groups is 1. The quantitative estimate of drug-likeness (QED) is 0.538. The molecule has 0 unspecified atom stereocenters. The third-order valence-electron chi connectivity index (χ3n) is 1.22. The molecule has 4 nitrogen and oxygen atoms in total. The normalized spacial score (nSPS) is 10.1. The van der Waals surface area contributed by atoms with E-state index in [1.165, 1.54) is 6.07 Å². The molecule has 0 heterocycles. The van der Waals surface area contributed by atoms with Crippen molar-refractivity contribution in [3.05, 3.63) is 34.4 Å². The highest BCUT2D eigenvalue weighted by molar-refractivity contribution is 5.45. The summed E-state index contributed by atoms with van der Waals surface area (Å²) < 4.78 is 27.3. The fraction of sp³-hybridized carbons (Fsp3) is 0.143. The number of ether oxygens (including phenoxy) is 1. The fourth-order valence-electron chi connectivity index (χ4n) is 0.746. The molecule has 1 radical (unpaired) electrons. The van der Waals surface area contributed by atoms with E-state index in [1.54, 1.807) is 0 Å². The van der Waals surface area contributed by atoms with Crippen LogP contribution in [0.3, 0.4) is 0 Å². The lowest BCUT2D eigenvalue weighted by Gasteiger charge is -2.03. The number of rotatable bonds is 3. The van der Waals surface area contributed by atoms with Gasteiger partial charge in [-0.2, -0.15) is 8.78 Å². The van der Waals surface area contributed by atoms with E-state index < -0.39 is 23.0 Å². The minimum atomic E-state index is -3.07. The zero-order valence-electron chi connectivity index (χ0n) is 6.24. The molecule has 69 valence electrons. The minimum Gasteiger partial charge on any atom is -0.427 e. The zero-order chi connectivity index (χ0) is 9.84. The Bertz CT molecular complexity index is 316. The third-order valence-corrected chi connectivity index (χ3v) is 1.22. The lowest BCUT2D eigenvalue weighted by Crippen LogP contribution is -2.04. The van der Waals surface area contributed by atoms with Crippen molar-refractivity contribution in [1.82, 2.24) is 0 Å². The standard InChI is InChI=1S/C7H4F2NO3/c8-7(9)13-6-4-2-1-3-5(6)10(11)12/h2-4,7H. The van der Waals surface area contributed by atoms with Gasteiger partial charge in [-0.15, -0.1) is 0 Å². The first-order valence-corrected chi connectivity index (χ1v) is 3.20. The van der Waals surface area contributed by atoms with Crippen LogP contribution in [0.2, 0.25) is 0 Å². The Morgan fingerprint density at radius 3 is 2.85 bits per heavy atom. The smallest absolute Gasteiger partial charge is 0.387 e. The fourth-order valence-corrected chi connectivity index (χ4v) is 0.746. The lowest BCUT2D eigenvalue weighted by molar-refractivity contribution is -0.386. The Hall–Kier alpha value is -1.72. The molecule has 0 fully saturated rings. The summed E-state index contributed by atoms with van der Waals surface area (Å²) in [5.41, 5.74) is -0.525. The average Bonchev–Trinajstić information content (AvgIpc) is 2.03. The number of hydrogen-bond donors (Lipinski definition) is 0. The van der Waals surface area contributed by atoms with Crippen LogP contribution >= 0.6 is 0 Å². The first kappa shape index (κ1) is 9.37. The van der Waals surface area contributed by atoms with Crippen molar-refractivity contribution >= 4 is 5.69 Å². The van der Waals surface area contributed by atoms with Crippen LogP contribution in [0.25, 0.3) is 0 Å². The number of halogens is 2. The highest BCUT2D eigenvalue weighted by atomic mass is 19.3. The van der Waals surface area contributed by atoms with E-state index in [4.69, 9.17) is 0 Å². The maximum Gasteiger partial charge on any atom is 0.387 e. The molecule has 0 amide bonds. The number of nitro benzene ring substituents is 1. The van der Waals surface area contributed by atoms with E-state index in [0.717, 1.165) is 12.1 Å². The van der Waals surface area contributed by atoms with Gasteiger partial charge in [0.25, 0.3) is 0 Å². The number of benzene rings is 1. The van der Waals surface area contributed by atoms with Crippen molar-refractivity contribution < 1.29 is 18.4 Å². The molecule has 0 N–H and O–H groups in total. The Balaban J connectivity index is 2.98. The zero-order valence-corrected chi connectivity index (χ0v) is 6.24. The molecule has 1 aromatic rings. The largest absolute Gasteiger partial charge is 0.427 e. The van der Waals surface area contributed by atoms with Gasteiger partial charge in [0.1, 0.15) is 0 Å². The van der Waals surface area contributed by atoms with Gasteiger partial charge in [-0.05, 0) is 12.1 Å². The molecule has 0 saturated heterocycles. The van der Waals surface area contributed by atoms with Crippen LogP contribution < -0.4 is 4.74 Å². The minimum absolute atomic E-state index is 0.459. The number of nitrogens with zero attached hydrogens (tertiary/aromatic N) is 1. The van der Waals surface area contributed by atoms with Crippen LogP contribution in [0.5, 0.6) is 5.75 Å².